The highest BCUT2D eigenvalue weighted by Crippen LogP contribution is 2.28. The molecule has 158 valence electrons. The number of imidazole rings is 1. The zero-order valence-electron chi connectivity index (χ0n) is 16.9. The van der Waals surface area contributed by atoms with E-state index in [1.807, 2.05) is 32.0 Å². The van der Waals surface area contributed by atoms with Crippen LogP contribution in [0.5, 0.6) is 11.5 Å². The number of aromatic nitrogens is 2. The third-order valence-corrected chi connectivity index (χ3v) is 4.62. The first-order valence-electron chi connectivity index (χ1n) is 9.57. The number of carbonyl (C=O) groups excluding carboxylic acids is 2. The average molecular weight is 422 g/mol. The SMILES string of the molecule is CCOC(=O)c1cnc(SCC(=O)NCCc2ccc(OCC)c(OCC)c2)[nH]1. The van der Waals surface area contributed by atoms with Crippen LogP contribution in [0.1, 0.15) is 36.8 Å². The molecule has 0 atom stereocenters. The van der Waals surface area contributed by atoms with Crippen LogP contribution < -0.4 is 14.8 Å². The van der Waals surface area contributed by atoms with E-state index < -0.39 is 5.97 Å². The van der Waals surface area contributed by atoms with Crippen molar-refractivity contribution in [1.29, 1.82) is 0 Å². The molecule has 0 aliphatic rings. The summed E-state index contributed by atoms with van der Waals surface area (Å²) in [4.78, 5) is 30.6. The number of amides is 1. The summed E-state index contributed by atoms with van der Waals surface area (Å²) in [5.41, 5.74) is 1.32. The molecule has 0 aliphatic carbocycles. The van der Waals surface area contributed by atoms with Crippen LogP contribution in [0.4, 0.5) is 0 Å². The van der Waals surface area contributed by atoms with Gasteiger partial charge in [-0.3, -0.25) is 4.79 Å². The molecule has 1 aromatic heterocycles. The molecule has 0 bridgehead atoms. The lowest BCUT2D eigenvalue weighted by Crippen LogP contribution is -2.27. The predicted molar refractivity (Wildman–Crippen MR) is 111 cm³/mol. The van der Waals surface area contributed by atoms with Crippen molar-refractivity contribution in [2.45, 2.75) is 32.3 Å². The topological polar surface area (TPSA) is 103 Å². The van der Waals surface area contributed by atoms with Crippen molar-refractivity contribution in [3.63, 3.8) is 0 Å². The van der Waals surface area contributed by atoms with E-state index in [-0.39, 0.29) is 17.4 Å². The first-order valence-corrected chi connectivity index (χ1v) is 10.6. The number of hydrogen-bond donors (Lipinski definition) is 2. The van der Waals surface area contributed by atoms with Crippen molar-refractivity contribution in [3.05, 3.63) is 35.7 Å². The Balaban J connectivity index is 1.77. The zero-order chi connectivity index (χ0) is 21.1. The van der Waals surface area contributed by atoms with Gasteiger partial charge in [-0.05, 0) is 44.9 Å². The van der Waals surface area contributed by atoms with Crippen molar-refractivity contribution in [1.82, 2.24) is 15.3 Å². The number of hydrogen-bond acceptors (Lipinski definition) is 7. The van der Waals surface area contributed by atoms with E-state index in [4.69, 9.17) is 14.2 Å². The van der Waals surface area contributed by atoms with Crippen LogP contribution in [0.3, 0.4) is 0 Å². The van der Waals surface area contributed by atoms with Crippen LogP contribution in [-0.2, 0) is 16.0 Å². The van der Waals surface area contributed by atoms with Gasteiger partial charge in [-0.2, -0.15) is 0 Å². The Morgan fingerprint density at radius 1 is 1.10 bits per heavy atom. The van der Waals surface area contributed by atoms with Gasteiger partial charge in [0.15, 0.2) is 16.7 Å². The van der Waals surface area contributed by atoms with E-state index in [2.05, 4.69) is 15.3 Å². The highest BCUT2D eigenvalue weighted by atomic mass is 32.2. The Hall–Kier alpha value is -2.68. The van der Waals surface area contributed by atoms with Crippen LogP contribution in [0.2, 0.25) is 0 Å². The fourth-order valence-electron chi connectivity index (χ4n) is 2.47. The van der Waals surface area contributed by atoms with Crippen molar-refractivity contribution in [2.75, 3.05) is 32.1 Å². The van der Waals surface area contributed by atoms with E-state index >= 15 is 0 Å². The van der Waals surface area contributed by atoms with Crippen molar-refractivity contribution in [3.8, 4) is 11.5 Å². The standard InChI is InChI=1S/C20H27N3O5S/c1-4-26-16-8-7-14(11-17(16)27-5-2)9-10-21-18(24)13-29-20-22-12-15(23-20)19(25)28-6-3/h7-8,11-12H,4-6,9-10,13H2,1-3H3,(H,21,24)(H,22,23). The fraction of sp³-hybridized carbons (Fsp3) is 0.450. The van der Waals surface area contributed by atoms with Crippen molar-refractivity contribution < 1.29 is 23.8 Å². The minimum absolute atomic E-state index is 0.111. The number of nitrogens with one attached hydrogen (secondary N) is 2. The third kappa shape index (κ3) is 7.34. The molecule has 0 radical (unpaired) electrons. The van der Waals surface area contributed by atoms with Gasteiger partial charge < -0.3 is 24.5 Å². The lowest BCUT2D eigenvalue weighted by Gasteiger charge is -2.12. The quantitative estimate of drug-likeness (QED) is 0.401. The molecular formula is C20H27N3O5S. The smallest absolute Gasteiger partial charge is 0.356 e. The Bertz CT molecular complexity index is 809. The normalized spacial score (nSPS) is 10.4. The van der Waals surface area contributed by atoms with Crippen molar-refractivity contribution >= 4 is 23.6 Å². The molecule has 2 aromatic rings. The Morgan fingerprint density at radius 3 is 2.59 bits per heavy atom. The summed E-state index contributed by atoms with van der Waals surface area (Å²) in [7, 11) is 0. The highest BCUT2D eigenvalue weighted by Gasteiger charge is 2.12. The van der Waals surface area contributed by atoms with Crippen LogP contribution in [-0.4, -0.2) is 54.0 Å². The molecule has 0 saturated carbocycles. The summed E-state index contributed by atoms with van der Waals surface area (Å²) in [6.45, 7) is 7.52. The summed E-state index contributed by atoms with van der Waals surface area (Å²) >= 11 is 1.22. The van der Waals surface area contributed by atoms with E-state index in [0.29, 0.717) is 43.7 Å². The van der Waals surface area contributed by atoms with E-state index in [1.54, 1.807) is 6.92 Å². The molecule has 0 spiro atoms. The molecule has 0 unspecified atom stereocenters. The number of aromatic amines is 1. The lowest BCUT2D eigenvalue weighted by molar-refractivity contribution is -0.118. The maximum Gasteiger partial charge on any atom is 0.356 e. The second-order valence-electron chi connectivity index (χ2n) is 5.86. The summed E-state index contributed by atoms with van der Waals surface area (Å²) in [6, 6.07) is 5.79. The van der Waals surface area contributed by atoms with Crippen LogP contribution in [0.15, 0.2) is 29.6 Å². The summed E-state index contributed by atoms with van der Waals surface area (Å²) in [5.74, 6) is 1.06. The van der Waals surface area contributed by atoms with Gasteiger partial charge in [0.1, 0.15) is 5.69 Å². The fourth-order valence-corrected chi connectivity index (χ4v) is 3.15. The number of carbonyl (C=O) groups is 2. The third-order valence-electron chi connectivity index (χ3n) is 3.73. The van der Waals surface area contributed by atoms with Gasteiger partial charge in [-0.1, -0.05) is 17.8 Å². The van der Waals surface area contributed by atoms with Gasteiger partial charge in [0, 0.05) is 6.54 Å². The summed E-state index contributed by atoms with van der Waals surface area (Å²) < 4.78 is 16.1. The van der Waals surface area contributed by atoms with Gasteiger partial charge in [0.05, 0.1) is 31.8 Å². The molecule has 9 heteroatoms. The Morgan fingerprint density at radius 2 is 1.86 bits per heavy atom. The lowest BCUT2D eigenvalue weighted by atomic mass is 10.1. The van der Waals surface area contributed by atoms with Crippen molar-refractivity contribution in [2.24, 2.45) is 0 Å². The molecule has 1 aromatic carbocycles. The molecule has 0 saturated heterocycles. The monoisotopic (exact) mass is 421 g/mol. The molecule has 0 aliphatic heterocycles. The molecule has 1 heterocycles. The Labute approximate surface area is 174 Å². The minimum Gasteiger partial charge on any atom is -0.490 e. The molecule has 8 nitrogen and oxygen atoms in total. The molecular weight excluding hydrogens is 394 g/mol. The van der Waals surface area contributed by atoms with Crippen LogP contribution >= 0.6 is 11.8 Å². The Kier molecular flexibility index (Phi) is 9.36. The van der Waals surface area contributed by atoms with Crippen LogP contribution in [0.25, 0.3) is 0 Å². The largest absolute Gasteiger partial charge is 0.490 e. The number of ether oxygens (including phenoxy) is 3. The van der Waals surface area contributed by atoms with Gasteiger partial charge in [-0.15, -0.1) is 0 Å². The first-order chi connectivity index (χ1) is 14.1. The van der Waals surface area contributed by atoms with Crippen LogP contribution in [0, 0.1) is 0 Å². The maximum absolute atomic E-state index is 12.0. The molecule has 0 fully saturated rings. The molecule has 29 heavy (non-hydrogen) atoms. The second kappa shape index (κ2) is 12.0. The molecule has 2 rings (SSSR count). The number of rotatable bonds is 12. The summed E-state index contributed by atoms with van der Waals surface area (Å²) in [6.07, 6.45) is 2.08. The average Bonchev–Trinajstić information content (AvgIpc) is 3.18. The zero-order valence-corrected chi connectivity index (χ0v) is 17.8. The van der Waals surface area contributed by atoms with Gasteiger partial charge in [0.2, 0.25) is 5.91 Å². The first kappa shape index (κ1) is 22.6. The van der Waals surface area contributed by atoms with E-state index in [9.17, 15) is 9.59 Å². The number of H-pyrrole nitrogens is 1. The minimum atomic E-state index is -0.460. The number of nitrogens with zero attached hydrogens (tertiary/aromatic N) is 1. The maximum atomic E-state index is 12.0. The van der Waals surface area contributed by atoms with Gasteiger partial charge in [0.25, 0.3) is 0 Å². The second-order valence-corrected chi connectivity index (χ2v) is 6.82. The summed E-state index contributed by atoms with van der Waals surface area (Å²) in [5, 5.41) is 3.37. The number of esters is 1. The predicted octanol–water partition coefficient (Wildman–Crippen LogP) is 2.83. The van der Waals surface area contributed by atoms with E-state index in [1.165, 1.54) is 18.0 Å². The molecule has 1 amide bonds. The van der Waals surface area contributed by atoms with Gasteiger partial charge >= 0.3 is 5.97 Å². The highest BCUT2D eigenvalue weighted by molar-refractivity contribution is 7.99. The van der Waals surface area contributed by atoms with E-state index in [0.717, 1.165) is 11.3 Å². The van der Waals surface area contributed by atoms with Gasteiger partial charge in [-0.25, -0.2) is 9.78 Å². The number of benzene rings is 1. The molecule has 2 N–H and O–H groups in total. The number of thioether (sulfide) groups is 1.